The number of aliphatic carboxylic acids is 1. The first-order chi connectivity index (χ1) is 15.3. The monoisotopic (exact) mass is 430 g/mol. The normalized spacial score (nSPS) is 11.3. The van der Waals surface area contributed by atoms with E-state index in [0.29, 0.717) is 22.4 Å². The first-order valence-corrected chi connectivity index (χ1v) is 9.93. The van der Waals surface area contributed by atoms with Crippen LogP contribution in [0, 0.1) is 0 Å². The van der Waals surface area contributed by atoms with Gasteiger partial charge in [0.05, 0.1) is 0 Å². The molecule has 0 unspecified atom stereocenters. The summed E-state index contributed by atoms with van der Waals surface area (Å²) in [5.41, 5.74) is 2.39. The summed E-state index contributed by atoms with van der Waals surface area (Å²) in [7, 11) is 0. The molecule has 0 aliphatic rings. The van der Waals surface area contributed by atoms with E-state index >= 15 is 0 Å². The molecule has 0 heterocycles. The number of nitrogens with one attached hydrogen (secondary N) is 2. The second-order valence-corrected chi connectivity index (χ2v) is 7.22. The average molecular weight is 430 g/mol. The molecule has 3 N–H and O–H groups in total. The van der Waals surface area contributed by atoms with Crippen LogP contribution in [0.2, 0.25) is 0 Å². The van der Waals surface area contributed by atoms with Gasteiger partial charge < -0.3 is 15.7 Å². The van der Waals surface area contributed by atoms with E-state index in [1.807, 2.05) is 6.07 Å². The zero-order valence-corrected chi connectivity index (χ0v) is 17.4. The second kappa shape index (κ2) is 10.2. The molecular weight excluding hydrogens is 408 g/mol. The van der Waals surface area contributed by atoms with Crippen molar-refractivity contribution in [2.45, 2.75) is 19.4 Å². The lowest BCUT2D eigenvalue weighted by molar-refractivity contribution is -0.139. The summed E-state index contributed by atoms with van der Waals surface area (Å²) in [4.78, 5) is 48.0. The molecule has 3 aromatic carbocycles. The van der Waals surface area contributed by atoms with Gasteiger partial charge in [-0.25, -0.2) is 4.79 Å². The molecular formula is C25H22N2O5. The highest BCUT2D eigenvalue weighted by atomic mass is 16.4. The van der Waals surface area contributed by atoms with Crippen molar-refractivity contribution in [3.8, 4) is 0 Å². The number of carbonyl (C=O) groups excluding carboxylic acids is 3. The fraction of sp³-hybridized carbons (Fsp3) is 0.120. The summed E-state index contributed by atoms with van der Waals surface area (Å²) >= 11 is 0. The van der Waals surface area contributed by atoms with Crippen LogP contribution in [0.5, 0.6) is 0 Å². The van der Waals surface area contributed by atoms with Crippen molar-refractivity contribution in [1.29, 1.82) is 0 Å². The van der Waals surface area contributed by atoms with Crippen LogP contribution in [0.3, 0.4) is 0 Å². The Morgan fingerprint density at radius 3 is 2.06 bits per heavy atom. The Morgan fingerprint density at radius 2 is 1.44 bits per heavy atom. The number of amides is 2. The Balaban J connectivity index is 1.69. The highest BCUT2D eigenvalue weighted by Crippen LogP contribution is 2.14. The summed E-state index contributed by atoms with van der Waals surface area (Å²) in [6.45, 7) is 1.35. The number of rotatable bonds is 8. The number of carboxylic acid groups (broad SMARTS) is 1. The molecule has 7 heteroatoms. The molecule has 0 radical (unpaired) electrons. The topological polar surface area (TPSA) is 113 Å². The predicted octanol–water partition coefficient (Wildman–Crippen LogP) is 3.30. The maximum absolute atomic E-state index is 12.6. The smallest absolute Gasteiger partial charge is 0.326 e. The van der Waals surface area contributed by atoms with Gasteiger partial charge in [0.15, 0.2) is 5.78 Å². The summed E-state index contributed by atoms with van der Waals surface area (Å²) in [5, 5.41) is 14.7. The van der Waals surface area contributed by atoms with E-state index in [1.54, 1.807) is 60.7 Å². The number of hydrogen-bond donors (Lipinski definition) is 3. The first-order valence-electron chi connectivity index (χ1n) is 9.93. The van der Waals surface area contributed by atoms with Crippen molar-refractivity contribution in [3.63, 3.8) is 0 Å². The Hall–Kier alpha value is -4.26. The van der Waals surface area contributed by atoms with Crippen LogP contribution in [0.15, 0.2) is 78.9 Å². The lowest BCUT2D eigenvalue weighted by Gasteiger charge is -2.15. The molecule has 1 atom stereocenters. The molecule has 0 bridgehead atoms. The van der Waals surface area contributed by atoms with Gasteiger partial charge in [0.2, 0.25) is 5.91 Å². The van der Waals surface area contributed by atoms with Crippen molar-refractivity contribution < 1.29 is 24.3 Å². The molecule has 2 amide bonds. The van der Waals surface area contributed by atoms with Gasteiger partial charge in [-0.1, -0.05) is 60.7 Å². The minimum Gasteiger partial charge on any atom is -0.480 e. The van der Waals surface area contributed by atoms with Gasteiger partial charge in [0, 0.05) is 35.7 Å². The van der Waals surface area contributed by atoms with Gasteiger partial charge in [-0.15, -0.1) is 0 Å². The third-order valence-electron chi connectivity index (χ3n) is 4.74. The molecule has 162 valence electrons. The van der Waals surface area contributed by atoms with Crippen LogP contribution in [0.1, 0.15) is 38.8 Å². The van der Waals surface area contributed by atoms with Crippen LogP contribution in [-0.4, -0.2) is 34.7 Å². The molecule has 0 aliphatic carbocycles. The summed E-state index contributed by atoms with van der Waals surface area (Å²) in [6, 6.07) is 20.6. The average Bonchev–Trinajstić information content (AvgIpc) is 2.79. The predicted molar refractivity (Wildman–Crippen MR) is 120 cm³/mol. The van der Waals surface area contributed by atoms with Crippen molar-refractivity contribution in [3.05, 3.63) is 101 Å². The fourth-order valence-corrected chi connectivity index (χ4v) is 3.17. The van der Waals surface area contributed by atoms with E-state index in [0.717, 1.165) is 0 Å². The molecule has 32 heavy (non-hydrogen) atoms. The third-order valence-corrected chi connectivity index (χ3v) is 4.74. The standard InChI is InChI=1S/C25H22N2O5/c1-16(28)26-21-9-5-8-20(15-21)24(30)27-22(25(31)32)14-17-10-12-19(13-11-17)23(29)18-6-3-2-4-7-18/h2-13,15,22H,14H2,1H3,(H,26,28)(H,27,30)(H,31,32)/t22-/m1/s1. The second-order valence-electron chi connectivity index (χ2n) is 7.22. The van der Waals surface area contributed by atoms with Crippen LogP contribution in [0.25, 0.3) is 0 Å². The highest BCUT2D eigenvalue weighted by Gasteiger charge is 2.21. The molecule has 0 spiro atoms. The zero-order valence-electron chi connectivity index (χ0n) is 17.4. The minimum atomic E-state index is -1.18. The number of hydrogen-bond acceptors (Lipinski definition) is 4. The molecule has 7 nitrogen and oxygen atoms in total. The van der Waals surface area contributed by atoms with Gasteiger partial charge in [-0.2, -0.15) is 0 Å². The Labute approximate surface area is 185 Å². The van der Waals surface area contributed by atoms with Crippen molar-refractivity contribution in [1.82, 2.24) is 5.32 Å². The van der Waals surface area contributed by atoms with Crippen molar-refractivity contribution in [2.75, 3.05) is 5.32 Å². The van der Waals surface area contributed by atoms with Gasteiger partial charge in [0.1, 0.15) is 6.04 Å². The van der Waals surface area contributed by atoms with Crippen LogP contribution >= 0.6 is 0 Å². The van der Waals surface area contributed by atoms with Crippen LogP contribution in [0.4, 0.5) is 5.69 Å². The number of carboxylic acids is 1. The maximum atomic E-state index is 12.6. The molecule has 0 aliphatic heterocycles. The van der Waals surface area contributed by atoms with E-state index in [9.17, 15) is 24.3 Å². The highest BCUT2D eigenvalue weighted by molar-refractivity contribution is 6.09. The molecule has 0 saturated carbocycles. The van der Waals surface area contributed by atoms with Crippen LogP contribution in [-0.2, 0) is 16.0 Å². The summed E-state index contributed by atoms with van der Waals surface area (Å²) < 4.78 is 0. The molecule has 0 aromatic heterocycles. The SMILES string of the molecule is CC(=O)Nc1cccc(C(=O)N[C@H](Cc2ccc(C(=O)c3ccccc3)cc2)C(=O)O)c1. The minimum absolute atomic E-state index is 0.0479. The first kappa shape index (κ1) is 22.4. The third kappa shape index (κ3) is 5.89. The molecule has 3 rings (SSSR count). The Morgan fingerprint density at radius 1 is 0.812 bits per heavy atom. The van der Waals surface area contributed by atoms with E-state index in [1.165, 1.54) is 19.1 Å². The number of benzene rings is 3. The number of ketones is 1. The molecule has 0 fully saturated rings. The Bertz CT molecular complexity index is 1140. The number of anilines is 1. The van der Waals surface area contributed by atoms with Gasteiger partial charge in [0.25, 0.3) is 5.91 Å². The van der Waals surface area contributed by atoms with Crippen molar-refractivity contribution >= 4 is 29.3 Å². The summed E-state index contributed by atoms with van der Waals surface area (Å²) in [5.74, 6) is -2.15. The van der Waals surface area contributed by atoms with Gasteiger partial charge >= 0.3 is 5.97 Å². The van der Waals surface area contributed by atoms with Crippen molar-refractivity contribution in [2.24, 2.45) is 0 Å². The lowest BCUT2D eigenvalue weighted by Crippen LogP contribution is -2.42. The fourth-order valence-electron chi connectivity index (χ4n) is 3.17. The molecule has 3 aromatic rings. The van der Waals surface area contributed by atoms with E-state index in [-0.39, 0.29) is 23.7 Å². The van der Waals surface area contributed by atoms with Gasteiger partial charge in [-0.05, 0) is 23.8 Å². The van der Waals surface area contributed by atoms with E-state index < -0.39 is 17.9 Å². The van der Waals surface area contributed by atoms with E-state index in [2.05, 4.69) is 10.6 Å². The number of carbonyl (C=O) groups is 4. The van der Waals surface area contributed by atoms with Gasteiger partial charge in [-0.3, -0.25) is 14.4 Å². The van der Waals surface area contributed by atoms with Crippen LogP contribution < -0.4 is 10.6 Å². The molecule has 0 saturated heterocycles. The quantitative estimate of drug-likeness (QED) is 0.475. The Kier molecular flexibility index (Phi) is 7.13. The van der Waals surface area contributed by atoms with E-state index in [4.69, 9.17) is 0 Å². The zero-order chi connectivity index (χ0) is 23.1. The maximum Gasteiger partial charge on any atom is 0.326 e. The largest absolute Gasteiger partial charge is 0.480 e. The lowest BCUT2D eigenvalue weighted by atomic mass is 9.99. The summed E-state index contributed by atoms with van der Waals surface area (Å²) in [6.07, 6.45) is 0.0479.